The van der Waals surface area contributed by atoms with E-state index >= 15 is 0 Å². The topological polar surface area (TPSA) is 35.6 Å². The summed E-state index contributed by atoms with van der Waals surface area (Å²) in [6, 6.07) is 14.4. The number of Topliss-reactive ketones (excluding diaryl/α,β-unsaturated/α-hetero) is 1. The number of hydrogen-bond donors (Lipinski definition) is 1. The summed E-state index contributed by atoms with van der Waals surface area (Å²) in [6.45, 7) is 5.97. The molecule has 1 aliphatic heterocycles. The van der Waals surface area contributed by atoms with Crippen molar-refractivity contribution in [1.82, 2.24) is 10.2 Å². The molecule has 4 nitrogen and oxygen atoms in total. The average Bonchev–Trinajstić information content (AvgIpc) is 2.73. The molecule has 1 saturated heterocycles. The van der Waals surface area contributed by atoms with Crippen LogP contribution in [0.4, 0.5) is 10.1 Å². The highest BCUT2D eigenvalue weighted by Crippen LogP contribution is 2.29. The monoisotopic (exact) mass is 383 g/mol. The van der Waals surface area contributed by atoms with Gasteiger partial charge < -0.3 is 10.2 Å². The van der Waals surface area contributed by atoms with Crippen molar-refractivity contribution >= 4 is 11.5 Å². The van der Waals surface area contributed by atoms with Gasteiger partial charge in [-0.3, -0.25) is 9.69 Å². The lowest BCUT2D eigenvalue weighted by atomic mass is 9.80. The molecule has 1 fully saturated rings. The molecule has 0 amide bonds. The Kier molecular flexibility index (Phi) is 6.47. The van der Waals surface area contributed by atoms with Gasteiger partial charge in [0.25, 0.3) is 0 Å². The number of anilines is 1. The second-order valence-corrected chi connectivity index (χ2v) is 7.70. The van der Waals surface area contributed by atoms with Gasteiger partial charge in [-0.05, 0) is 68.9 Å². The van der Waals surface area contributed by atoms with Crippen LogP contribution in [-0.2, 0) is 6.42 Å². The van der Waals surface area contributed by atoms with Crippen LogP contribution in [0.25, 0.3) is 0 Å². The van der Waals surface area contributed by atoms with Gasteiger partial charge >= 0.3 is 0 Å². The van der Waals surface area contributed by atoms with Crippen LogP contribution in [-0.4, -0.2) is 56.5 Å². The van der Waals surface area contributed by atoms with Crippen LogP contribution in [0.1, 0.15) is 29.3 Å². The molecule has 150 valence electrons. The maximum atomic E-state index is 13.6. The maximum absolute atomic E-state index is 13.6. The highest BCUT2D eigenvalue weighted by molar-refractivity contribution is 6.03. The first-order chi connectivity index (χ1) is 13.5. The molecule has 2 aromatic carbocycles. The molecule has 0 saturated carbocycles. The van der Waals surface area contributed by atoms with Gasteiger partial charge in [0.2, 0.25) is 0 Å². The summed E-state index contributed by atoms with van der Waals surface area (Å²) in [5.74, 6) is -0.151. The Morgan fingerprint density at radius 3 is 2.21 bits per heavy atom. The number of benzene rings is 2. The van der Waals surface area contributed by atoms with Crippen molar-refractivity contribution < 1.29 is 9.18 Å². The van der Waals surface area contributed by atoms with E-state index in [9.17, 15) is 9.18 Å². The zero-order valence-electron chi connectivity index (χ0n) is 17.0. The minimum atomic E-state index is -0.658. The fraction of sp³-hybridized carbons (Fsp3) is 0.435. The van der Waals surface area contributed by atoms with E-state index in [1.54, 1.807) is 12.1 Å². The molecule has 1 N–H and O–H groups in total. The summed E-state index contributed by atoms with van der Waals surface area (Å²) in [7, 11) is 3.89. The van der Waals surface area contributed by atoms with Crippen LogP contribution in [0.2, 0.25) is 0 Å². The number of rotatable bonds is 7. The number of nitrogens with zero attached hydrogens (tertiary/aromatic N) is 2. The average molecular weight is 384 g/mol. The smallest absolute Gasteiger partial charge is 0.183 e. The number of likely N-dealkylation sites (N-methyl/N-ethyl adjacent to an activating group) is 1. The molecule has 5 heteroatoms. The molecule has 0 aliphatic carbocycles. The molecule has 1 atom stereocenters. The van der Waals surface area contributed by atoms with E-state index in [1.807, 2.05) is 50.2 Å². The van der Waals surface area contributed by atoms with Gasteiger partial charge in [0.05, 0.1) is 5.54 Å². The summed E-state index contributed by atoms with van der Waals surface area (Å²) in [6.07, 6.45) is 1.23. The first kappa shape index (κ1) is 20.5. The molecule has 0 radical (unpaired) electrons. The summed E-state index contributed by atoms with van der Waals surface area (Å²) >= 11 is 0. The second kappa shape index (κ2) is 8.84. The lowest BCUT2D eigenvalue weighted by molar-refractivity contribution is 0.0666. The molecule has 0 aromatic heterocycles. The van der Waals surface area contributed by atoms with Gasteiger partial charge in [-0.25, -0.2) is 4.39 Å². The molecule has 3 rings (SSSR count). The lowest BCUT2D eigenvalue weighted by Gasteiger charge is -2.38. The van der Waals surface area contributed by atoms with Crippen LogP contribution in [0.5, 0.6) is 0 Å². The Hall–Kier alpha value is -2.24. The normalized spacial score (nSPS) is 16.8. The van der Waals surface area contributed by atoms with Crippen molar-refractivity contribution in [3.05, 3.63) is 65.5 Å². The third-order valence-electron chi connectivity index (χ3n) is 5.89. The Balaban J connectivity index is 1.85. The van der Waals surface area contributed by atoms with Crippen molar-refractivity contribution in [3.8, 4) is 0 Å². The highest BCUT2D eigenvalue weighted by atomic mass is 19.1. The van der Waals surface area contributed by atoms with E-state index in [4.69, 9.17) is 0 Å². The van der Waals surface area contributed by atoms with E-state index in [0.717, 1.165) is 43.0 Å². The third kappa shape index (κ3) is 4.26. The van der Waals surface area contributed by atoms with Crippen molar-refractivity contribution in [1.29, 1.82) is 0 Å². The zero-order valence-corrected chi connectivity index (χ0v) is 17.0. The molecule has 28 heavy (non-hydrogen) atoms. The highest BCUT2D eigenvalue weighted by Gasteiger charge is 2.39. The van der Waals surface area contributed by atoms with Gasteiger partial charge in [-0.15, -0.1) is 0 Å². The van der Waals surface area contributed by atoms with Crippen molar-refractivity contribution in [2.75, 3.05) is 45.2 Å². The van der Waals surface area contributed by atoms with E-state index in [1.165, 1.54) is 12.1 Å². The second-order valence-electron chi connectivity index (χ2n) is 7.70. The predicted molar refractivity (Wildman–Crippen MR) is 113 cm³/mol. The first-order valence-electron chi connectivity index (χ1n) is 9.98. The van der Waals surface area contributed by atoms with Crippen LogP contribution >= 0.6 is 0 Å². The largest absolute Gasteiger partial charge is 0.369 e. The number of nitrogens with one attached hydrogen (secondary N) is 1. The van der Waals surface area contributed by atoms with Crippen LogP contribution in [0.15, 0.2) is 48.5 Å². The molecular weight excluding hydrogens is 353 g/mol. The van der Waals surface area contributed by atoms with Gasteiger partial charge in [-0.2, -0.15) is 0 Å². The van der Waals surface area contributed by atoms with Gasteiger partial charge in [0.1, 0.15) is 5.82 Å². The van der Waals surface area contributed by atoms with Crippen molar-refractivity contribution in [2.24, 2.45) is 0 Å². The molecule has 1 heterocycles. The van der Waals surface area contributed by atoms with Gasteiger partial charge in [0.15, 0.2) is 5.78 Å². The lowest BCUT2D eigenvalue weighted by Crippen LogP contribution is -2.52. The summed E-state index contributed by atoms with van der Waals surface area (Å²) in [5, 5.41) is 3.36. The number of carbonyl (C=O) groups excluding carboxylic acids is 1. The number of ketones is 1. The molecule has 0 bridgehead atoms. The van der Waals surface area contributed by atoms with E-state index < -0.39 is 5.54 Å². The van der Waals surface area contributed by atoms with Crippen LogP contribution < -0.4 is 10.2 Å². The van der Waals surface area contributed by atoms with Crippen molar-refractivity contribution in [2.45, 2.75) is 25.3 Å². The predicted octanol–water partition coefficient (Wildman–Crippen LogP) is 3.37. The van der Waals surface area contributed by atoms with E-state index in [0.29, 0.717) is 12.8 Å². The van der Waals surface area contributed by atoms with Gasteiger partial charge in [0, 0.05) is 37.4 Å². The SMILES string of the molecule is CCC(Cc1ccc(F)cc1)(C(=O)c1ccc(N2CCNCC2)cc1)N(C)C. The Bertz CT molecular complexity index is 782. The van der Waals surface area contributed by atoms with E-state index in [2.05, 4.69) is 10.2 Å². The summed E-state index contributed by atoms with van der Waals surface area (Å²) in [4.78, 5) is 17.9. The van der Waals surface area contributed by atoms with E-state index in [-0.39, 0.29) is 11.6 Å². The minimum Gasteiger partial charge on any atom is -0.369 e. The first-order valence-corrected chi connectivity index (χ1v) is 9.98. The quantitative estimate of drug-likeness (QED) is 0.744. The van der Waals surface area contributed by atoms with Gasteiger partial charge in [-0.1, -0.05) is 19.1 Å². The number of halogens is 1. The van der Waals surface area contributed by atoms with Crippen LogP contribution in [0, 0.1) is 5.82 Å². The summed E-state index contributed by atoms with van der Waals surface area (Å²) < 4.78 is 13.3. The fourth-order valence-electron chi connectivity index (χ4n) is 4.00. The third-order valence-corrected chi connectivity index (χ3v) is 5.89. The molecule has 0 spiro atoms. The standard InChI is InChI=1S/C23H30FN3O/c1-4-23(26(2)3,17-18-5-9-20(24)10-6-18)22(28)19-7-11-21(12-8-19)27-15-13-25-14-16-27/h5-12,25H,4,13-17H2,1-3H3. The molecule has 1 unspecified atom stereocenters. The Morgan fingerprint density at radius 1 is 1.07 bits per heavy atom. The fourth-order valence-corrected chi connectivity index (χ4v) is 4.00. The van der Waals surface area contributed by atoms with Crippen LogP contribution in [0.3, 0.4) is 0 Å². The Labute approximate surface area is 167 Å². The minimum absolute atomic E-state index is 0.108. The van der Waals surface area contributed by atoms with Crippen molar-refractivity contribution in [3.63, 3.8) is 0 Å². The zero-order chi connectivity index (χ0) is 20.1. The Morgan fingerprint density at radius 2 is 1.68 bits per heavy atom. The summed E-state index contributed by atoms with van der Waals surface area (Å²) in [5.41, 5.74) is 2.18. The molecule has 1 aliphatic rings. The number of hydrogen-bond acceptors (Lipinski definition) is 4. The number of piperazine rings is 1. The molecule has 2 aromatic rings. The number of carbonyl (C=O) groups is 1. The molecular formula is C23H30FN3O. The maximum Gasteiger partial charge on any atom is 0.183 e.